The summed E-state index contributed by atoms with van der Waals surface area (Å²) in [5.74, 6) is -1.02. The maximum atomic E-state index is 10.5. The summed E-state index contributed by atoms with van der Waals surface area (Å²) in [6.45, 7) is 1.75. The quantitative estimate of drug-likeness (QED) is 0.540. The standard InChI is InChI=1S/C8H10N2O2/c1-4-6(9)2-5(8(11)12)3-7(4)10/h2-3H,9-10H2,1H3,(H,11,12). The Labute approximate surface area is 69.8 Å². The maximum absolute atomic E-state index is 10.5. The van der Waals surface area contributed by atoms with Gasteiger partial charge in [0.25, 0.3) is 0 Å². The number of carbonyl (C=O) groups is 1. The van der Waals surface area contributed by atoms with E-state index in [1.807, 2.05) is 0 Å². The number of nitrogen functional groups attached to an aromatic ring is 2. The second-order valence-electron chi connectivity index (χ2n) is 2.58. The highest BCUT2D eigenvalue weighted by molar-refractivity contribution is 5.90. The van der Waals surface area contributed by atoms with Crippen LogP contribution in [0, 0.1) is 6.92 Å². The van der Waals surface area contributed by atoms with Crippen molar-refractivity contribution < 1.29 is 9.90 Å². The molecule has 0 aliphatic heterocycles. The summed E-state index contributed by atoms with van der Waals surface area (Å²) in [6, 6.07) is 2.79. The molecule has 5 N–H and O–H groups in total. The monoisotopic (exact) mass is 166 g/mol. The SMILES string of the molecule is Cc1c(N)cc(C(=O)O)cc1N. The molecule has 4 heteroatoms. The molecule has 0 aliphatic carbocycles. The summed E-state index contributed by atoms with van der Waals surface area (Å²) in [4.78, 5) is 10.5. The third-order valence-corrected chi connectivity index (χ3v) is 1.73. The van der Waals surface area contributed by atoms with Crippen molar-refractivity contribution in [2.75, 3.05) is 11.5 Å². The molecule has 0 unspecified atom stereocenters. The number of carboxylic acids is 1. The van der Waals surface area contributed by atoms with Gasteiger partial charge in [-0.3, -0.25) is 0 Å². The Morgan fingerprint density at radius 3 is 2.08 bits per heavy atom. The van der Waals surface area contributed by atoms with Crippen LogP contribution in [0.4, 0.5) is 11.4 Å². The normalized spacial score (nSPS) is 9.75. The van der Waals surface area contributed by atoms with E-state index in [1.54, 1.807) is 6.92 Å². The lowest BCUT2D eigenvalue weighted by Crippen LogP contribution is -2.02. The average Bonchev–Trinajstić information content (AvgIpc) is 1.99. The predicted octanol–water partition coefficient (Wildman–Crippen LogP) is 0.858. The number of carboxylic acid groups (broad SMARTS) is 1. The van der Waals surface area contributed by atoms with Crippen LogP contribution in [0.3, 0.4) is 0 Å². The fraction of sp³-hybridized carbons (Fsp3) is 0.125. The Morgan fingerprint density at radius 1 is 1.33 bits per heavy atom. The van der Waals surface area contributed by atoms with Crippen molar-refractivity contribution in [3.63, 3.8) is 0 Å². The van der Waals surface area contributed by atoms with Gasteiger partial charge in [-0.05, 0) is 24.6 Å². The number of anilines is 2. The zero-order chi connectivity index (χ0) is 9.30. The highest BCUT2D eigenvalue weighted by Crippen LogP contribution is 2.20. The van der Waals surface area contributed by atoms with E-state index in [0.29, 0.717) is 11.4 Å². The van der Waals surface area contributed by atoms with Gasteiger partial charge in [-0.1, -0.05) is 0 Å². The van der Waals surface area contributed by atoms with Gasteiger partial charge in [0.05, 0.1) is 5.56 Å². The summed E-state index contributed by atoms with van der Waals surface area (Å²) in [7, 11) is 0. The minimum atomic E-state index is -1.02. The molecule has 0 saturated carbocycles. The van der Waals surface area contributed by atoms with E-state index in [-0.39, 0.29) is 5.56 Å². The lowest BCUT2D eigenvalue weighted by molar-refractivity contribution is 0.0697. The highest BCUT2D eigenvalue weighted by atomic mass is 16.4. The molecule has 0 amide bonds. The van der Waals surface area contributed by atoms with Gasteiger partial charge in [0.2, 0.25) is 0 Å². The van der Waals surface area contributed by atoms with Gasteiger partial charge in [0.1, 0.15) is 0 Å². The minimum absolute atomic E-state index is 0.121. The van der Waals surface area contributed by atoms with Gasteiger partial charge in [-0.2, -0.15) is 0 Å². The number of benzene rings is 1. The Kier molecular flexibility index (Phi) is 1.91. The smallest absolute Gasteiger partial charge is 0.335 e. The van der Waals surface area contributed by atoms with Crippen molar-refractivity contribution in [1.29, 1.82) is 0 Å². The predicted molar refractivity (Wildman–Crippen MR) is 47.0 cm³/mol. The number of aromatic carboxylic acids is 1. The summed E-state index contributed by atoms with van der Waals surface area (Å²) in [5, 5.41) is 8.61. The van der Waals surface area contributed by atoms with Gasteiger partial charge in [-0.25, -0.2) is 4.79 Å². The lowest BCUT2D eigenvalue weighted by atomic mass is 10.1. The molecular formula is C8H10N2O2. The first-order valence-corrected chi connectivity index (χ1v) is 3.41. The van der Waals surface area contributed by atoms with E-state index in [2.05, 4.69) is 0 Å². The van der Waals surface area contributed by atoms with Crippen LogP contribution in [0.25, 0.3) is 0 Å². The highest BCUT2D eigenvalue weighted by Gasteiger charge is 2.06. The maximum Gasteiger partial charge on any atom is 0.335 e. The van der Waals surface area contributed by atoms with Gasteiger partial charge in [0.15, 0.2) is 0 Å². The summed E-state index contributed by atoms with van der Waals surface area (Å²) in [6.07, 6.45) is 0. The van der Waals surface area contributed by atoms with Crippen molar-refractivity contribution in [3.05, 3.63) is 23.3 Å². The summed E-state index contributed by atoms with van der Waals surface area (Å²) < 4.78 is 0. The van der Waals surface area contributed by atoms with Crippen molar-refractivity contribution in [3.8, 4) is 0 Å². The zero-order valence-corrected chi connectivity index (χ0v) is 6.66. The van der Waals surface area contributed by atoms with E-state index < -0.39 is 5.97 Å². The van der Waals surface area contributed by atoms with Crippen molar-refractivity contribution >= 4 is 17.3 Å². The topological polar surface area (TPSA) is 89.3 Å². The van der Waals surface area contributed by atoms with Crippen LogP contribution in [0.1, 0.15) is 15.9 Å². The second-order valence-corrected chi connectivity index (χ2v) is 2.58. The fourth-order valence-corrected chi connectivity index (χ4v) is 0.883. The molecule has 0 radical (unpaired) electrons. The van der Waals surface area contributed by atoms with Gasteiger partial charge in [0, 0.05) is 11.4 Å². The molecule has 1 aromatic rings. The molecule has 1 aromatic carbocycles. The Bertz CT molecular complexity index is 311. The summed E-state index contributed by atoms with van der Waals surface area (Å²) >= 11 is 0. The molecule has 0 fully saturated rings. The first-order chi connectivity index (χ1) is 5.52. The Hall–Kier alpha value is -1.71. The number of rotatable bonds is 1. The van der Waals surface area contributed by atoms with Crippen molar-refractivity contribution in [2.24, 2.45) is 0 Å². The Balaban J connectivity index is 3.31. The second kappa shape index (κ2) is 2.73. The first-order valence-electron chi connectivity index (χ1n) is 3.41. The molecule has 0 saturated heterocycles. The molecule has 0 aromatic heterocycles. The fourth-order valence-electron chi connectivity index (χ4n) is 0.883. The van der Waals surface area contributed by atoms with E-state index >= 15 is 0 Å². The lowest BCUT2D eigenvalue weighted by Gasteiger charge is -2.04. The zero-order valence-electron chi connectivity index (χ0n) is 6.66. The average molecular weight is 166 g/mol. The molecule has 4 nitrogen and oxygen atoms in total. The summed E-state index contributed by atoms with van der Waals surface area (Å²) in [5.41, 5.74) is 12.7. The minimum Gasteiger partial charge on any atom is -0.478 e. The third-order valence-electron chi connectivity index (χ3n) is 1.73. The van der Waals surface area contributed by atoms with Crippen LogP contribution in [0.15, 0.2) is 12.1 Å². The van der Waals surface area contributed by atoms with Crippen LogP contribution in [-0.4, -0.2) is 11.1 Å². The number of nitrogens with two attached hydrogens (primary N) is 2. The van der Waals surface area contributed by atoms with Crippen LogP contribution in [0.2, 0.25) is 0 Å². The first kappa shape index (κ1) is 8.39. The van der Waals surface area contributed by atoms with E-state index in [9.17, 15) is 4.79 Å². The molecule has 0 heterocycles. The Morgan fingerprint density at radius 2 is 1.75 bits per heavy atom. The number of hydrogen-bond donors (Lipinski definition) is 3. The third kappa shape index (κ3) is 1.32. The van der Waals surface area contributed by atoms with Gasteiger partial charge >= 0.3 is 5.97 Å². The number of hydrogen-bond acceptors (Lipinski definition) is 3. The molecule has 64 valence electrons. The molecule has 0 aliphatic rings. The van der Waals surface area contributed by atoms with E-state index in [0.717, 1.165) is 5.56 Å². The van der Waals surface area contributed by atoms with E-state index in [4.69, 9.17) is 16.6 Å². The molecule has 0 spiro atoms. The largest absolute Gasteiger partial charge is 0.478 e. The van der Waals surface area contributed by atoms with E-state index in [1.165, 1.54) is 12.1 Å². The molecular weight excluding hydrogens is 156 g/mol. The van der Waals surface area contributed by atoms with Crippen LogP contribution in [-0.2, 0) is 0 Å². The molecule has 1 rings (SSSR count). The van der Waals surface area contributed by atoms with Crippen LogP contribution in [0.5, 0.6) is 0 Å². The van der Waals surface area contributed by atoms with Crippen molar-refractivity contribution in [2.45, 2.75) is 6.92 Å². The molecule has 12 heavy (non-hydrogen) atoms. The molecule has 0 bridgehead atoms. The molecule has 0 atom stereocenters. The van der Waals surface area contributed by atoms with Gasteiger partial charge < -0.3 is 16.6 Å². The van der Waals surface area contributed by atoms with Crippen LogP contribution < -0.4 is 11.5 Å². The van der Waals surface area contributed by atoms with Crippen molar-refractivity contribution in [1.82, 2.24) is 0 Å². The van der Waals surface area contributed by atoms with Crippen LogP contribution >= 0.6 is 0 Å². The van der Waals surface area contributed by atoms with Gasteiger partial charge in [-0.15, -0.1) is 0 Å².